The molecule has 0 aliphatic carbocycles. The highest BCUT2D eigenvalue weighted by Gasteiger charge is 2.31. The van der Waals surface area contributed by atoms with Gasteiger partial charge in [0.1, 0.15) is 12.4 Å². The molecule has 0 heterocycles. The van der Waals surface area contributed by atoms with Crippen LogP contribution in [0.4, 0.5) is 0 Å². The normalized spacial score (nSPS) is 13.1. The zero-order chi connectivity index (χ0) is 25.5. The molecule has 1 atom stereocenters. The molecule has 0 aliphatic rings. The summed E-state index contributed by atoms with van der Waals surface area (Å²) in [4.78, 5) is 10.7. The molecule has 2 rings (SSSR count). The van der Waals surface area contributed by atoms with Crippen LogP contribution in [0.15, 0.2) is 36.4 Å². The molecule has 0 saturated carbocycles. The Morgan fingerprint density at radius 2 is 1.59 bits per heavy atom. The summed E-state index contributed by atoms with van der Waals surface area (Å²) in [5.41, 5.74) is 5.25. The Morgan fingerprint density at radius 1 is 1.00 bits per heavy atom. The van der Waals surface area contributed by atoms with Gasteiger partial charge < -0.3 is 20.1 Å². The first kappa shape index (κ1) is 27.9. The second kappa shape index (κ2) is 11.9. The van der Waals surface area contributed by atoms with E-state index < -0.39 is 17.7 Å². The number of aliphatic hydroxyl groups is 2. The van der Waals surface area contributed by atoms with Gasteiger partial charge in [-0.05, 0) is 93.7 Å². The van der Waals surface area contributed by atoms with Crippen LogP contribution in [0, 0.1) is 13.8 Å². The van der Waals surface area contributed by atoms with E-state index in [4.69, 9.17) is 9.84 Å². The van der Waals surface area contributed by atoms with Crippen molar-refractivity contribution in [3.8, 4) is 5.75 Å². The molecule has 34 heavy (non-hydrogen) atoms. The average molecular weight is 471 g/mol. The van der Waals surface area contributed by atoms with Crippen LogP contribution in [0.3, 0.4) is 0 Å². The predicted molar refractivity (Wildman–Crippen MR) is 137 cm³/mol. The summed E-state index contributed by atoms with van der Waals surface area (Å²) in [6.07, 6.45) is 2.79. The smallest absolute Gasteiger partial charge is 0.303 e. The Hall–Kier alpha value is -2.37. The first-order valence-corrected chi connectivity index (χ1v) is 12.4. The topological polar surface area (TPSA) is 87.0 Å². The molecule has 0 spiro atoms. The van der Waals surface area contributed by atoms with E-state index in [9.17, 15) is 15.0 Å². The lowest BCUT2D eigenvalue weighted by molar-refractivity contribution is -0.137. The zero-order valence-electron chi connectivity index (χ0n) is 21.6. The fourth-order valence-electron chi connectivity index (χ4n) is 4.62. The van der Waals surface area contributed by atoms with Crippen molar-refractivity contribution in [3.05, 3.63) is 64.2 Å². The quantitative estimate of drug-likeness (QED) is 0.349. The Kier molecular flexibility index (Phi) is 9.72. The number of carboxylic acid groups (broad SMARTS) is 1. The minimum absolute atomic E-state index is 0.0749. The highest BCUT2D eigenvalue weighted by atomic mass is 16.5. The van der Waals surface area contributed by atoms with Crippen molar-refractivity contribution < 1.29 is 24.9 Å². The molecule has 0 fully saturated rings. The largest absolute Gasteiger partial charge is 0.491 e. The number of benzene rings is 2. The van der Waals surface area contributed by atoms with Gasteiger partial charge in [-0.2, -0.15) is 0 Å². The van der Waals surface area contributed by atoms with Gasteiger partial charge in [-0.25, -0.2) is 0 Å². The molecule has 0 aliphatic heterocycles. The number of hydrogen-bond donors (Lipinski definition) is 3. The van der Waals surface area contributed by atoms with Crippen LogP contribution in [0.1, 0.15) is 87.6 Å². The van der Waals surface area contributed by atoms with Gasteiger partial charge in [0.05, 0.1) is 11.7 Å². The number of aliphatic hydroxyl groups excluding tert-OH is 1. The molecular formula is C29H42O5. The van der Waals surface area contributed by atoms with E-state index in [1.165, 1.54) is 22.3 Å². The third-order valence-electron chi connectivity index (χ3n) is 6.96. The van der Waals surface area contributed by atoms with Gasteiger partial charge in [-0.3, -0.25) is 4.79 Å². The maximum Gasteiger partial charge on any atom is 0.303 e. The van der Waals surface area contributed by atoms with E-state index in [1.807, 2.05) is 26.8 Å². The second-order valence-electron chi connectivity index (χ2n) is 10.1. The summed E-state index contributed by atoms with van der Waals surface area (Å²) in [7, 11) is 0. The summed E-state index contributed by atoms with van der Waals surface area (Å²) >= 11 is 0. The summed E-state index contributed by atoms with van der Waals surface area (Å²) in [6.45, 7) is 12.4. The number of carboxylic acids is 1. The number of rotatable bonds is 13. The summed E-state index contributed by atoms with van der Waals surface area (Å²) < 4.78 is 5.80. The minimum Gasteiger partial charge on any atom is -0.491 e. The Balaban J connectivity index is 2.25. The molecule has 5 heteroatoms. The van der Waals surface area contributed by atoms with Gasteiger partial charge >= 0.3 is 5.97 Å². The third kappa shape index (κ3) is 7.31. The van der Waals surface area contributed by atoms with Crippen molar-refractivity contribution in [2.45, 2.75) is 97.2 Å². The summed E-state index contributed by atoms with van der Waals surface area (Å²) in [6, 6.07) is 13.0. The van der Waals surface area contributed by atoms with Gasteiger partial charge in [0, 0.05) is 11.8 Å². The lowest BCUT2D eigenvalue weighted by Gasteiger charge is -2.34. The van der Waals surface area contributed by atoms with Crippen LogP contribution >= 0.6 is 0 Å². The van der Waals surface area contributed by atoms with E-state index in [-0.39, 0.29) is 24.9 Å². The fourth-order valence-corrected chi connectivity index (χ4v) is 4.62. The number of hydrogen-bond acceptors (Lipinski definition) is 4. The van der Waals surface area contributed by atoms with Crippen LogP contribution in [0.5, 0.6) is 5.75 Å². The van der Waals surface area contributed by atoms with Crippen LogP contribution in [0.2, 0.25) is 0 Å². The van der Waals surface area contributed by atoms with E-state index in [0.717, 1.165) is 31.2 Å². The van der Waals surface area contributed by atoms with E-state index in [0.29, 0.717) is 5.75 Å². The number of ether oxygens (including phenoxy) is 1. The molecule has 0 bridgehead atoms. The van der Waals surface area contributed by atoms with Crippen molar-refractivity contribution >= 4 is 5.97 Å². The third-order valence-corrected chi connectivity index (χ3v) is 6.96. The van der Waals surface area contributed by atoms with Crippen molar-refractivity contribution in [3.63, 3.8) is 0 Å². The Bertz CT molecular complexity index is 953. The first-order chi connectivity index (χ1) is 15.9. The van der Waals surface area contributed by atoms with E-state index >= 15 is 0 Å². The lowest BCUT2D eigenvalue weighted by Crippen LogP contribution is -2.26. The molecule has 5 nitrogen and oxygen atoms in total. The maximum absolute atomic E-state index is 10.7. The van der Waals surface area contributed by atoms with Gasteiger partial charge in [0.25, 0.3) is 0 Å². The number of carbonyl (C=O) groups is 1. The molecule has 0 saturated heterocycles. The molecule has 188 valence electrons. The summed E-state index contributed by atoms with van der Waals surface area (Å²) in [5.74, 6) is -0.215. The Morgan fingerprint density at radius 3 is 2.09 bits per heavy atom. The van der Waals surface area contributed by atoms with Crippen molar-refractivity contribution in [1.82, 2.24) is 0 Å². The molecule has 2 aromatic carbocycles. The zero-order valence-corrected chi connectivity index (χ0v) is 21.6. The molecule has 0 unspecified atom stereocenters. The molecule has 0 radical (unpaired) electrons. The average Bonchev–Trinajstić information content (AvgIpc) is 2.77. The minimum atomic E-state index is -0.921. The van der Waals surface area contributed by atoms with Gasteiger partial charge in [-0.1, -0.05) is 44.2 Å². The van der Waals surface area contributed by atoms with Crippen LogP contribution in [0.25, 0.3) is 0 Å². The van der Waals surface area contributed by atoms with Gasteiger partial charge in [0.2, 0.25) is 0 Å². The molecule has 0 aromatic heterocycles. The predicted octanol–water partition coefficient (Wildman–Crippen LogP) is 5.72. The van der Waals surface area contributed by atoms with Gasteiger partial charge in [0.15, 0.2) is 0 Å². The van der Waals surface area contributed by atoms with Crippen molar-refractivity contribution in [1.29, 1.82) is 0 Å². The van der Waals surface area contributed by atoms with Crippen LogP contribution in [-0.2, 0) is 16.6 Å². The second-order valence-corrected chi connectivity index (χ2v) is 10.1. The van der Waals surface area contributed by atoms with Gasteiger partial charge in [-0.15, -0.1) is 0 Å². The Labute approximate surface area is 204 Å². The molecular weight excluding hydrogens is 428 g/mol. The fraction of sp³-hybridized carbons (Fsp3) is 0.552. The molecule has 3 N–H and O–H groups in total. The van der Waals surface area contributed by atoms with Crippen molar-refractivity contribution in [2.75, 3.05) is 6.61 Å². The standard InChI is InChI=1S/C29H42O5/c1-7-29(8-2,23-10-9-22(20(3)17-23)15-16-28(5,6)33)24-11-13-26(21(4)18-24)34-19-25(30)12-14-27(31)32/h9-11,13,17-18,25,30,33H,7-8,12,14-16,19H2,1-6H3,(H,31,32)/t25-/m1/s1. The first-order valence-electron chi connectivity index (χ1n) is 12.4. The molecule has 2 aromatic rings. The highest BCUT2D eigenvalue weighted by Crippen LogP contribution is 2.41. The number of aliphatic carboxylic acids is 1. The summed E-state index contributed by atoms with van der Waals surface area (Å²) in [5, 5.41) is 28.9. The molecule has 0 amide bonds. The van der Waals surface area contributed by atoms with Crippen LogP contribution < -0.4 is 4.74 Å². The van der Waals surface area contributed by atoms with E-state index in [2.05, 4.69) is 51.1 Å². The van der Waals surface area contributed by atoms with Crippen molar-refractivity contribution in [2.24, 2.45) is 0 Å². The monoisotopic (exact) mass is 470 g/mol. The lowest BCUT2D eigenvalue weighted by atomic mass is 9.69. The highest BCUT2D eigenvalue weighted by molar-refractivity contribution is 5.66. The maximum atomic E-state index is 10.7. The van der Waals surface area contributed by atoms with E-state index in [1.54, 1.807) is 0 Å². The SMILES string of the molecule is CCC(CC)(c1ccc(CCC(C)(C)O)c(C)c1)c1ccc(OC[C@H](O)CCC(=O)O)c(C)c1. The number of aryl methyl sites for hydroxylation is 3. The van der Waals surface area contributed by atoms with Crippen LogP contribution in [-0.4, -0.2) is 39.6 Å².